The Labute approximate surface area is 291 Å². The Morgan fingerprint density at radius 2 is 1.58 bits per heavy atom. The zero-order valence-electron chi connectivity index (χ0n) is 27.1. The maximum atomic E-state index is 15.2. The molecule has 4 aromatic carbocycles. The Morgan fingerprint density at radius 3 is 2.26 bits per heavy atom. The predicted molar refractivity (Wildman–Crippen MR) is 187 cm³/mol. The van der Waals surface area contributed by atoms with Gasteiger partial charge in [0.2, 0.25) is 0 Å². The first-order valence-corrected chi connectivity index (χ1v) is 16.6. The van der Waals surface area contributed by atoms with E-state index in [0.717, 1.165) is 15.1 Å². The van der Waals surface area contributed by atoms with E-state index >= 15 is 4.79 Å². The Balaban J connectivity index is 1.40. The van der Waals surface area contributed by atoms with Crippen molar-refractivity contribution in [2.24, 2.45) is 5.92 Å². The van der Waals surface area contributed by atoms with Gasteiger partial charge in [-0.25, -0.2) is 23.5 Å². The van der Waals surface area contributed by atoms with Gasteiger partial charge in [-0.2, -0.15) is 5.01 Å². The van der Waals surface area contributed by atoms with E-state index in [9.17, 15) is 19.5 Å². The first-order chi connectivity index (χ1) is 24.2. The van der Waals surface area contributed by atoms with Gasteiger partial charge < -0.3 is 9.84 Å². The first kappa shape index (κ1) is 31.5. The Hall–Kier alpha value is -5.81. The molecule has 252 valence electrons. The number of anilines is 1. The average molecular weight is 690 g/mol. The van der Waals surface area contributed by atoms with Crippen molar-refractivity contribution in [1.29, 1.82) is 0 Å². The molecule has 2 aliphatic heterocycles. The van der Waals surface area contributed by atoms with Crippen LogP contribution in [0.25, 0.3) is 5.69 Å². The van der Waals surface area contributed by atoms with E-state index in [1.54, 1.807) is 54.6 Å². The fraction of sp³-hybridized carbons (Fsp3) is 0.211. The number of allylic oxidation sites excluding steroid dienone is 2. The third-order valence-corrected chi connectivity index (χ3v) is 10.6. The highest BCUT2D eigenvalue weighted by atomic mass is 35.5. The maximum absolute atomic E-state index is 15.2. The van der Waals surface area contributed by atoms with E-state index < -0.39 is 46.5 Å². The molecule has 2 fully saturated rings. The maximum Gasteiger partial charge on any atom is 0.352 e. The minimum absolute atomic E-state index is 0.00615. The fourth-order valence-electron chi connectivity index (χ4n) is 8.10. The molecule has 3 heterocycles. The van der Waals surface area contributed by atoms with Gasteiger partial charge in [0.05, 0.1) is 47.4 Å². The van der Waals surface area contributed by atoms with Gasteiger partial charge in [-0.1, -0.05) is 83.9 Å². The minimum atomic E-state index is -1.52. The zero-order chi connectivity index (χ0) is 34.9. The number of benzene rings is 4. The van der Waals surface area contributed by atoms with Gasteiger partial charge in [0.1, 0.15) is 0 Å². The Bertz CT molecular complexity index is 2330. The van der Waals surface area contributed by atoms with Crippen molar-refractivity contribution in [1.82, 2.24) is 18.9 Å². The van der Waals surface area contributed by atoms with Crippen LogP contribution in [0.1, 0.15) is 35.1 Å². The molecule has 12 heteroatoms. The lowest BCUT2D eigenvalue weighted by Gasteiger charge is -2.49. The molecule has 2 N–H and O–H groups in total. The number of aromatic nitrogens is 3. The largest absolute Gasteiger partial charge is 0.503 e. The van der Waals surface area contributed by atoms with Crippen molar-refractivity contribution in [2.45, 2.75) is 37.3 Å². The molecule has 50 heavy (non-hydrogen) atoms. The quantitative estimate of drug-likeness (QED) is 0.188. The number of carbonyl (C=O) groups is 2. The second kappa shape index (κ2) is 11.7. The van der Waals surface area contributed by atoms with Crippen molar-refractivity contribution >= 4 is 29.1 Å². The second-order valence-electron chi connectivity index (χ2n) is 12.8. The van der Waals surface area contributed by atoms with Crippen LogP contribution < -0.4 is 21.5 Å². The van der Waals surface area contributed by atoms with E-state index in [4.69, 9.17) is 16.3 Å². The van der Waals surface area contributed by atoms with Crippen molar-refractivity contribution in [3.05, 3.63) is 151 Å². The Morgan fingerprint density at radius 1 is 0.900 bits per heavy atom. The fourth-order valence-corrected chi connectivity index (χ4v) is 8.32. The number of aryl methyl sites for hydroxylation is 1. The normalized spacial score (nSPS) is 22.4. The van der Waals surface area contributed by atoms with Crippen LogP contribution in [0.2, 0.25) is 5.02 Å². The first-order valence-electron chi connectivity index (χ1n) is 16.2. The molecule has 3 aliphatic rings. The summed E-state index contributed by atoms with van der Waals surface area (Å²) in [4.78, 5) is 58.1. The topological polar surface area (TPSA) is 128 Å². The van der Waals surface area contributed by atoms with Crippen LogP contribution >= 0.6 is 11.6 Å². The van der Waals surface area contributed by atoms with Gasteiger partial charge in [0.15, 0.2) is 11.5 Å². The molecule has 11 nitrogen and oxygen atoms in total. The number of nitrogens with zero attached hydrogens (tertiary/aromatic N) is 4. The van der Waals surface area contributed by atoms with Crippen molar-refractivity contribution in [2.75, 3.05) is 12.5 Å². The molecule has 2 amide bonds. The number of fused-ring (bicyclic) bond motifs is 4. The Kier molecular flexibility index (Phi) is 7.34. The number of hydrogen-bond acceptors (Lipinski definition) is 7. The van der Waals surface area contributed by atoms with Crippen molar-refractivity contribution in [3.8, 4) is 17.2 Å². The van der Waals surface area contributed by atoms with Crippen LogP contribution in [0.4, 0.5) is 5.69 Å². The van der Waals surface area contributed by atoms with E-state index in [0.29, 0.717) is 28.1 Å². The molecule has 0 bridgehead atoms. The second-order valence-corrected chi connectivity index (χ2v) is 13.3. The van der Waals surface area contributed by atoms with Crippen molar-refractivity contribution in [3.63, 3.8) is 0 Å². The number of rotatable bonds is 6. The summed E-state index contributed by atoms with van der Waals surface area (Å²) in [5.41, 5.74) is 4.23. The highest BCUT2D eigenvalue weighted by Crippen LogP contribution is 2.62. The van der Waals surface area contributed by atoms with Crippen LogP contribution in [0, 0.1) is 12.8 Å². The third-order valence-electron chi connectivity index (χ3n) is 10.3. The third kappa shape index (κ3) is 4.42. The number of phenols is 1. The summed E-state index contributed by atoms with van der Waals surface area (Å²) < 4.78 is 9.43. The highest BCUT2D eigenvalue weighted by molar-refractivity contribution is 6.32. The number of aromatic hydroxyl groups is 1. The van der Waals surface area contributed by atoms with Crippen LogP contribution in [0.3, 0.4) is 0 Å². The molecule has 0 spiro atoms. The number of methoxy groups -OCH3 is 1. The van der Waals surface area contributed by atoms with Gasteiger partial charge in [-0.05, 0) is 66.4 Å². The summed E-state index contributed by atoms with van der Waals surface area (Å²) in [7, 11) is 1.40. The van der Waals surface area contributed by atoms with Gasteiger partial charge in [0, 0.05) is 5.92 Å². The van der Waals surface area contributed by atoms with E-state index in [1.807, 2.05) is 55.5 Å². The number of hydrogen-bond donors (Lipinski definition) is 2. The number of para-hydroxylation sites is 1. The number of amides is 2. The minimum Gasteiger partial charge on any atom is -0.503 e. The van der Waals surface area contributed by atoms with E-state index in [2.05, 4.69) is 5.43 Å². The lowest BCUT2D eigenvalue weighted by Crippen LogP contribution is -2.53. The van der Waals surface area contributed by atoms with Crippen LogP contribution in [-0.4, -0.2) is 43.0 Å². The van der Waals surface area contributed by atoms with Crippen LogP contribution in [0.15, 0.2) is 118 Å². The van der Waals surface area contributed by atoms with Gasteiger partial charge in [-0.15, -0.1) is 0 Å². The number of imide groups is 1. The zero-order valence-corrected chi connectivity index (χ0v) is 27.9. The van der Waals surface area contributed by atoms with Crippen LogP contribution in [0.5, 0.6) is 11.5 Å². The summed E-state index contributed by atoms with van der Waals surface area (Å²) in [6, 6.07) is 27.6. The van der Waals surface area contributed by atoms with Gasteiger partial charge >= 0.3 is 11.4 Å². The number of nitrogens with one attached hydrogen (secondary N) is 1. The average Bonchev–Trinajstić information content (AvgIpc) is 3.51. The predicted octanol–water partition coefficient (Wildman–Crippen LogP) is 5.10. The summed E-state index contributed by atoms with van der Waals surface area (Å²) >= 11 is 6.61. The lowest BCUT2D eigenvalue weighted by atomic mass is 9.53. The molecule has 1 aliphatic carbocycles. The molecular weight excluding hydrogens is 658 g/mol. The summed E-state index contributed by atoms with van der Waals surface area (Å²) in [5, 5.41) is 11.8. The molecular formula is C38H32ClN5O6. The number of halogens is 1. The lowest BCUT2D eigenvalue weighted by molar-refractivity contribution is -0.138. The van der Waals surface area contributed by atoms with Crippen molar-refractivity contribution < 1.29 is 19.4 Å². The molecule has 5 aromatic rings. The van der Waals surface area contributed by atoms with E-state index in [1.165, 1.54) is 16.5 Å². The SMILES string of the molecule is COc1cc([C@H]2C3=CCn4c(=O)n(-c5ccccc5)c(=O)n4[C@@H]3C[C@H]3C(=O)N(Nc4ccc(C)cc4)C(=O)[C@@]23c2ccccc2)cc(Cl)c1O. The highest BCUT2D eigenvalue weighted by Gasteiger charge is 2.68. The molecule has 1 saturated carbocycles. The molecule has 4 atom stereocenters. The molecule has 0 radical (unpaired) electrons. The van der Waals surface area contributed by atoms with Crippen LogP contribution in [-0.2, 0) is 21.5 Å². The summed E-state index contributed by atoms with van der Waals surface area (Å²) in [6.45, 7) is 1.99. The molecule has 0 unspecified atom stereocenters. The number of carbonyl (C=O) groups excluding carboxylic acids is 2. The van der Waals surface area contributed by atoms with Gasteiger partial charge in [0.25, 0.3) is 11.8 Å². The smallest absolute Gasteiger partial charge is 0.352 e. The molecule has 1 saturated heterocycles. The number of hydrazine groups is 1. The van der Waals surface area contributed by atoms with Gasteiger partial charge in [-0.3, -0.25) is 15.0 Å². The molecule has 8 rings (SSSR count). The van der Waals surface area contributed by atoms with E-state index in [-0.39, 0.29) is 29.5 Å². The number of ether oxygens (including phenoxy) is 1. The summed E-state index contributed by atoms with van der Waals surface area (Å²) in [5.74, 6) is -3.01. The standard InChI is InChI=1S/C38H32ClN5O6/c1-22-13-15-25(16-14-22)40-43-34(46)28-21-30-27(17-18-41-36(48)42(37(49)44(30)41)26-11-7-4-8-12-26)32(23-19-29(39)33(45)31(20-23)50-2)38(28,35(43)47)24-9-5-3-6-10-24/h3-17,19-20,28,30,32,40,45H,18,21H2,1-2H3/t28-,30+,32-,38+/m0/s1. The number of phenolic OH excluding ortho intramolecular Hbond substituents is 1. The summed E-state index contributed by atoms with van der Waals surface area (Å²) in [6.07, 6.45) is 1.92. The monoisotopic (exact) mass is 689 g/mol. The molecule has 1 aromatic heterocycles.